The number of carbonyl (C=O) groups excluding carboxylic acids is 2. The van der Waals surface area contributed by atoms with Crippen molar-refractivity contribution in [3.63, 3.8) is 0 Å². The predicted molar refractivity (Wildman–Crippen MR) is 159 cm³/mol. The third kappa shape index (κ3) is 7.03. The minimum Gasteiger partial charge on any atom is -0.497 e. The van der Waals surface area contributed by atoms with Crippen molar-refractivity contribution in [1.29, 1.82) is 0 Å². The van der Waals surface area contributed by atoms with Gasteiger partial charge in [0.15, 0.2) is 5.76 Å². The van der Waals surface area contributed by atoms with Crippen molar-refractivity contribution in [3.05, 3.63) is 59.5 Å². The quantitative estimate of drug-likeness (QED) is 0.327. The van der Waals surface area contributed by atoms with E-state index in [1.807, 2.05) is 6.92 Å². The van der Waals surface area contributed by atoms with Gasteiger partial charge in [-0.25, -0.2) is 13.2 Å². The van der Waals surface area contributed by atoms with Crippen molar-refractivity contribution >= 4 is 33.3 Å². The molecule has 3 amide bonds. The predicted octanol–water partition coefficient (Wildman–Crippen LogP) is 3.48. The van der Waals surface area contributed by atoms with Crippen LogP contribution >= 0.6 is 0 Å². The molecular weight excluding hydrogens is 578 g/mol. The molecule has 1 aromatic heterocycles. The highest BCUT2D eigenvalue weighted by molar-refractivity contribution is 7.92. The molecule has 0 saturated carbocycles. The van der Waals surface area contributed by atoms with Gasteiger partial charge in [0.1, 0.15) is 29.0 Å². The number of aryl methyl sites for hydroxylation is 2. The van der Waals surface area contributed by atoms with Gasteiger partial charge in [-0.1, -0.05) is 12.1 Å². The Bertz CT molecular complexity index is 1550. The van der Waals surface area contributed by atoms with Gasteiger partial charge in [-0.2, -0.15) is 0 Å². The fourth-order valence-electron chi connectivity index (χ4n) is 4.69. The van der Waals surface area contributed by atoms with E-state index < -0.39 is 34.1 Å². The molecule has 0 unspecified atom stereocenters. The van der Waals surface area contributed by atoms with Crippen molar-refractivity contribution in [2.45, 2.75) is 44.7 Å². The Hall–Kier alpha value is -4.30. The molecule has 0 fully saturated rings. The highest BCUT2D eigenvalue weighted by atomic mass is 32.2. The molecule has 2 heterocycles. The van der Waals surface area contributed by atoms with Crippen molar-refractivity contribution < 1.29 is 37.1 Å². The van der Waals surface area contributed by atoms with E-state index in [1.54, 1.807) is 27.8 Å². The molecule has 13 nitrogen and oxygen atoms in total. The summed E-state index contributed by atoms with van der Waals surface area (Å²) in [4.78, 5) is 29.8. The smallest absolute Gasteiger partial charge is 0.321 e. The van der Waals surface area contributed by atoms with Gasteiger partial charge in [-0.05, 0) is 63.2 Å². The minimum atomic E-state index is -3.98. The number of methoxy groups -OCH3 is 1. The lowest BCUT2D eigenvalue weighted by Gasteiger charge is -2.38. The van der Waals surface area contributed by atoms with Crippen LogP contribution in [0.25, 0.3) is 0 Å². The number of urea groups is 1. The zero-order valence-electron chi connectivity index (χ0n) is 24.9. The summed E-state index contributed by atoms with van der Waals surface area (Å²) in [5.41, 5.74) is 1.32. The Morgan fingerprint density at radius 2 is 1.93 bits per heavy atom. The third-order valence-electron chi connectivity index (χ3n) is 7.35. The van der Waals surface area contributed by atoms with Crippen LogP contribution in [-0.4, -0.2) is 86.4 Å². The maximum absolute atomic E-state index is 13.7. The normalized spacial score (nSPS) is 17.7. The molecule has 0 bridgehead atoms. The van der Waals surface area contributed by atoms with Crippen LogP contribution in [0, 0.1) is 19.8 Å². The first-order valence-corrected chi connectivity index (χ1v) is 15.2. The van der Waals surface area contributed by atoms with Gasteiger partial charge in [-0.3, -0.25) is 9.52 Å². The number of aromatic nitrogens is 1. The third-order valence-corrected chi connectivity index (χ3v) is 8.75. The number of fused-ring (bicyclic) bond motifs is 1. The number of likely N-dealkylation sites (N-methyl/N-ethyl adjacent to an activating group) is 1. The fraction of sp³-hybridized carbons (Fsp3) is 0.414. The zero-order chi connectivity index (χ0) is 31.5. The molecule has 1 aliphatic rings. The number of amides is 3. The first kappa shape index (κ1) is 31.6. The van der Waals surface area contributed by atoms with E-state index in [2.05, 4.69) is 15.2 Å². The second kappa shape index (κ2) is 12.9. The molecule has 14 heteroatoms. The number of rotatable bonds is 9. The molecular formula is C29H37N5O8S. The molecule has 3 aromatic rings. The molecule has 2 aromatic carbocycles. The highest BCUT2D eigenvalue weighted by Gasteiger charge is 2.34. The lowest BCUT2D eigenvalue weighted by Crippen LogP contribution is -2.50. The molecule has 0 spiro atoms. The molecule has 0 saturated heterocycles. The number of hydrogen-bond donors (Lipinski definition) is 3. The summed E-state index contributed by atoms with van der Waals surface area (Å²) in [7, 11) is -0.870. The summed E-state index contributed by atoms with van der Waals surface area (Å²) in [6.07, 6.45) is -0.553. The Kier molecular flexibility index (Phi) is 9.50. The van der Waals surface area contributed by atoms with Gasteiger partial charge >= 0.3 is 6.03 Å². The van der Waals surface area contributed by atoms with E-state index in [9.17, 15) is 23.1 Å². The summed E-state index contributed by atoms with van der Waals surface area (Å²) >= 11 is 0. The van der Waals surface area contributed by atoms with Crippen LogP contribution in [0.1, 0.15) is 35.7 Å². The van der Waals surface area contributed by atoms with Crippen LogP contribution in [0.5, 0.6) is 11.5 Å². The van der Waals surface area contributed by atoms with Crippen molar-refractivity contribution in [3.8, 4) is 11.5 Å². The monoisotopic (exact) mass is 615 g/mol. The number of nitrogens with zero attached hydrogens (tertiary/aromatic N) is 3. The number of hydrogen-bond acceptors (Lipinski definition) is 9. The molecule has 0 aliphatic carbocycles. The Morgan fingerprint density at radius 3 is 2.53 bits per heavy atom. The Morgan fingerprint density at radius 1 is 1.23 bits per heavy atom. The number of carbonyl (C=O) groups is 2. The van der Waals surface area contributed by atoms with Gasteiger partial charge in [0.05, 0.1) is 36.8 Å². The second-order valence-corrected chi connectivity index (χ2v) is 12.3. The number of anilines is 2. The second-order valence-electron chi connectivity index (χ2n) is 10.6. The van der Waals surface area contributed by atoms with Crippen LogP contribution < -0.4 is 19.5 Å². The maximum Gasteiger partial charge on any atom is 0.321 e. The van der Waals surface area contributed by atoms with Gasteiger partial charge in [-0.15, -0.1) is 0 Å². The van der Waals surface area contributed by atoms with E-state index in [4.69, 9.17) is 14.0 Å². The number of ether oxygens (including phenoxy) is 2. The van der Waals surface area contributed by atoms with Crippen LogP contribution in [0.15, 0.2) is 51.9 Å². The number of benzene rings is 2. The number of nitrogens with one attached hydrogen (secondary N) is 2. The van der Waals surface area contributed by atoms with Crippen LogP contribution in [0.4, 0.5) is 16.2 Å². The molecule has 1 aliphatic heterocycles. The summed E-state index contributed by atoms with van der Waals surface area (Å²) in [6.45, 7) is 7.17. The molecule has 0 radical (unpaired) electrons. The van der Waals surface area contributed by atoms with Gasteiger partial charge < -0.3 is 34.2 Å². The van der Waals surface area contributed by atoms with E-state index in [1.165, 1.54) is 59.4 Å². The first-order chi connectivity index (χ1) is 20.3. The largest absolute Gasteiger partial charge is 0.497 e. The topological polar surface area (TPSA) is 164 Å². The Balaban J connectivity index is 1.62. The molecule has 4 rings (SSSR count). The average Bonchev–Trinajstić information content (AvgIpc) is 3.30. The molecule has 3 N–H and O–H groups in total. The van der Waals surface area contributed by atoms with Crippen molar-refractivity contribution in [2.75, 3.05) is 43.9 Å². The SMILES string of the molecule is COc1ccc(S(=O)(=O)Nc2ccc3c(c2)C(=O)N([C@@H](C)CO)C[C@@H](C)[C@H](CN(C)C(=O)Nc2c(C)noc2C)O3)cc1. The lowest BCUT2D eigenvalue weighted by atomic mass is 9.99. The van der Waals surface area contributed by atoms with Gasteiger partial charge in [0.25, 0.3) is 15.9 Å². The van der Waals surface area contributed by atoms with Crippen molar-refractivity contribution in [1.82, 2.24) is 15.0 Å². The standard InChI is InChI=1S/C29H37N5O8S/c1-17-14-34(18(2)16-35)28(36)24-13-21(32-43(38,39)23-10-8-22(40-6)9-11-23)7-12-25(24)41-26(17)15-33(5)29(37)30-27-19(3)31-42-20(27)4/h7-13,17-18,26,32,35H,14-16H2,1-6H3,(H,30,37)/t17-,18+,26+/m1/s1. The molecule has 43 heavy (non-hydrogen) atoms. The highest BCUT2D eigenvalue weighted by Crippen LogP contribution is 2.32. The van der Waals surface area contributed by atoms with Crippen LogP contribution in [0.3, 0.4) is 0 Å². The van der Waals surface area contributed by atoms with E-state index >= 15 is 0 Å². The van der Waals surface area contributed by atoms with E-state index in [0.29, 0.717) is 22.9 Å². The Labute approximate surface area is 250 Å². The van der Waals surface area contributed by atoms with Crippen LogP contribution in [-0.2, 0) is 10.0 Å². The van der Waals surface area contributed by atoms with E-state index in [-0.39, 0.29) is 47.5 Å². The number of aliphatic hydroxyl groups is 1. The van der Waals surface area contributed by atoms with Gasteiger partial charge in [0.2, 0.25) is 0 Å². The zero-order valence-corrected chi connectivity index (χ0v) is 25.8. The summed E-state index contributed by atoms with van der Waals surface area (Å²) in [5, 5.41) is 16.6. The number of sulfonamides is 1. The maximum atomic E-state index is 13.7. The van der Waals surface area contributed by atoms with Crippen LogP contribution in [0.2, 0.25) is 0 Å². The average molecular weight is 616 g/mol. The first-order valence-electron chi connectivity index (χ1n) is 13.7. The molecule has 3 atom stereocenters. The fourth-order valence-corrected chi connectivity index (χ4v) is 5.74. The van der Waals surface area contributed by atoms with Gasteiger partial charge in [0, 0.05) is 25.2 Å². The summed E-state index contributed by atoms with van der Waals surface area (Å²) in [5.74, 6) is 0.556. The summed E-state index contributed by atoms with van der Waals surface area (Å²) < 4.78 is 45.2. The summed E-state index contributed by atoms with van der Waals surface area (Å²) in [6, 6.07) is 9.42. The number of aliphatic hydroxyl groups excluding tert-OH is 1. The van der Waals surface area contributed by atoms with Crippen molar-refractivity contribution in [2.24, 2.45) is 5.92 Å². The minimum absolute atomic E-state index is 0.0185. The lowest BCUT2D eigenvalue weighted by molar-refractivity contribution is 0.0371. The van der Waals surface area contributed by atoms with E-state index in [0.717, 1.165) is 0 Å². The molecule has 232 valence electrons.